The van der Waals surface area contributed by atoms with Crippen LogP contribution in [0.15, 0.2) is 0 Å². The van der Waals surface area contributed by atoms with E-state index in [2.05, 4.69) is 10.1 Å². The zero-order chi connectivity index (χ0) is 10.4. The molecular weight excluding hydrogens is 172 g/mol. The third-order valence-electron chi connectivity index (χ3n) is 1.53. The van der Waals surface area contributed by atoms with Crippen LogP contribution in [-0.2, 0) is 9.53 Å². The third-order valence-corrected chi connectivity index (χ3v) is 1.53. The standard InChI is InChI=1S/C8H16N2O3/c1-5(2)4-6(7(9)11)10-8(12)13-3/h5-6H,4H2,1-3H3,(H2,9,11)(H,10,12)/t6-/m0/s1. The van der Waals surface area contributed by atoms with Gasteiger partial charge in [-0.15, -0.1) is 0 Å². The number of ether oxygens (including phenoxy) is 1. The molecule has 76 valence electrons. The number of carbonyl (C=O) groups excluding carboxylic acids is 2. The van der Waals surface area contributed by atoms with Crippen molar-refractivity contribution in [2.45, 2.75) is 26.3 Å². The first-order chi connectivity index (χ1) is 5.97. The molecule has 0 aromatic rings. The van der Waals surface area contributed by atoms with Gasteiger partial charge in [-0.05, 0) is 12.3 Å². The van der Waals surface area contributed by atoms with Crippen LogP contribution in [0.5, 0.6) is 0 Å². The number of alkyl carbamates (subject to hydrolysis) is 1. The molecule has 0 saturated heterocycles. The molecule has 5 heteroatoms. The van der Waals surface area contributed by atoms with Crippen LogP contribution in [0.3, 0.4) is 0 Å². The van der Waals surface area contributed by atoms with E-state index in [0.717, 1.165) is 0 Å². The molecule has 0 aliphatic rings. The summed E-state index contributed by atoms with van der Waals surface area (Å²) in [6.45, 7) is 3.88. The van der Waals surface area contributed by atoms with Crippen LogP contribution in [-0.4, -0.2) is 25.2 Å². The smallest absolute Gasteiger partial charge is 0.407 e. The minimum Gasteiger partial charge on any atom is -0.453 e. The average molecular weight is 188 g/mol. The SMILES string of the molecule is COC(=O)N[C@@H](CC(C)C)C(N)=O. The molecule has 1 atom stereocenters. The summed E-state index contributed by atoms with van der Waals surface area (Å²) in [5, 5.41) is 2.36. The number of methoxy groups -OCH3 is 1. The van der Waals surface area contributed by atoms with Crippen LogP contribution in [0.2, 0.25) is 0 Å². The number of hydrogen-bond donors (Lipinski definition) is 2. The molecule has 0 aromatic carbocycles. The first-order valence-electron chi connectivity index (χ1n) is 4.11. The van der Waals surface area contributed by atoms with Crippen molar-refractivity contribution >= 4 is 12.0 Å². The number of carbonyl (C=O) groups is 2. The van der Waals surface area contributed by atoms with E-state index >= 15 is 0 Å². The molecule has 0 saturated carbocycles. The van der Waals surface area contributed by atoms with Gasteiger partial charge in [0.15, 0.2) is 0 Å². The van der Waals surface area contributed by atoms with Gasteiger partial charge in [0.1, 0.15) is 6.04 Å². The average Bonchev–Trinajstić information content (AvgIpc) is 2.02. The second kappa shape index (κ2) is 5.40. The lowest BCUT2D eigenvalue weighted by atomic mass is 10.0. The van der Waals surface area contributed by atoms with Crippen LogP contribution < -0.4 is 11.1 Å². The largest absolute Gasteiger partial charge is 0.453 e. The molecule has 0 bridgehead atoms. The van der Waals surface area contributed by atoms with Gasteiger partial charge >= 0.3 is 6.09 Å². The fourth-order valence-corrected chi connectivity index (χ4v) is 0.919. The lowest BCUT2D eigenvalue weighted by molar-refractivity contribution is -0.120. The second-order valence-corrected chi connectivity index (χ2v) is 3.22. The Morgan fingerprint density at radius 1 is 1.46 bits per heavy atom. The Morgan fingerprint density at radius 2 is 2.00 bits per heavy atom. The van der Waals surface area contributed by atoms with Gasteiger partial charge in [-0.25, -0.2) is 4.79 Å². The third kappa shape index (κ3) is 5.05. The molecule has 0 rings (SSSR count). The molecule has 0 unspecified atom stereocenters. The van der Waals surface area contributed by atoms with Crippen molar-refractivity contribution in [3.63, 3.8) is 0 Å². The van der Waals surface area contributed by atoms with Crippen LogP contribution in [0, 0.1) is 5.92 Å². The van der Waals surface area contributed by atoms with Crippen molar-refractivity contribution in [2.24, 2.45) is 11.7 Å². The maximum absolute atomic E-state index is 10.8. The number of amides is 2. The molecule has 0 radical (unpaired) electrons. The summed E-state index contributed by atoms with van der Waals surface area (Å²) in [5.41, 5.74) is 5.08. The fourth-order valence-electron chi connectivity index (χ4n) is 0.919. The molecular formula is C8H16N2O3. The summed E-state index contributed by atoms with van der Waals surface area (Å²) >= 11 is 0. The summed E-state index contributed by atoms with van der Waals surface area (Å²) in [6.07, 6.45) is -0.116. The van der Waals surface area contributed by atoms with Crippen molar-refractivity contribution < 1.29 is 14.3 Å². The Bertz CT molecular complexity index is 192. The number of nitrogens with one attached hydrogen (secondary N) is 1. The molecule has 0 heterocycles. The highest BCUT2D eigenvalue weighted by molar-refractivity contribution is 5.84. The predicted octanol–water partition coefficient (Wildman–Crippen LogP) is 0.242. The van der Waals surface area contributed by atoms with E-state index in [0.29, 0.717) is 6.42 Å². The Morgan fingerprint density at radius 3 is 2.31 bits per heavy atom. The van der Waals surface area contributed by atoms with E-state index in [9.17, 15) is 9.59 Å². The van der Waals surface area contributed by atoms with E-state index in [1.165, 1.54) is 7.11 Å². The van der Waals surface area contributed by atoms with Crippen LogP contribution in [0.1, 0.15) is 20.3 Å². The van der Waals surface area contributed by atoms with Gasteiger partial charge in [-0.1, -0.05) is 13.8 Å². The van der Waals surface area contributed by atoms with Crippen molar-refractivity contribution in [2.75, 3.05) is 7.11 Å². The zero-order valence-electron chi connectivity index (χ0n) is 8.16. The number of nitrogens with two attached hydrogens (primary N) is 1. The predicted molar refractivity (Wildman–Crippen MR) is 48.0 cm³/mol. The lowest BCUT2D eigenvalue weighted by Gasteiger charge is -2.16. The van der Waals surface area contributed by atoms with E-state index in [4.69, 9.17) is 5.73 Å². The highest BCUT2D eigenvalue weighted by Gasteiger charge is 2.19. The summed E-state index contributed by atoms with van der Waals surface area (Å²) in [7, 11) is 1.24. The first kappa shape index (κ1) is 11.7. The van der Waals surface area contributed by atoms with Gasteiger partial charge < -0.3 is 15.8 Å². The lowest BCUT2D eigenvalue weighted by Crippen LogP contribution is -2.45. The maximum Gasteiger partial charge on any atom is 0.407 e. The van der Waals surface area contributed by atoms with E-state index in [1.54, 1.807) is 0 Å². The summed E-state index contributed by atoms with van der Waals surface area (Å²) in [5.74, 6) is -0.256. The van der Waals surface area contributed by atoms with Crippen molar-refractivity contribution in [1.82, 2.24) is 5.32 Å². The maximum atomic E-state index is 10.8. The van der Waals surface area contributed by atoms with Gasteiger partial charge in [0.2, 0.25) is 5.91 Å². The van der Waals surface area contributed by atoms with Gasteiger partial charge in [0, 0.05) is 0 Å². The molecule has 2 amide bonds. The number of hydrogen-bond acceptors (Lipinski definition) is 3. The Labute approximate surface area is 77.6 Å². The van der Waals surface area contributed by atoms with Gasteiger partial charge in [-0.2, -0.15) is 0 Å². The highest BCUT2D eigenvalue weighted by Crippen LogP contribution is 2.04. The molecule has 5 nitrogen and oxygen atoms in total. The minimum atomic E-state index is -0.646. The minimum absolute atomic E-state index is 0.287. The summed E-state index contributed by atoms with van der Waals surface area (Å²) < 4.78 is 4.35. The Kier molecular flexibility index (Phi) is 4.87. The highest BCUT2D eigenvalue weighted by atomic mass is 16.5. The molecule has 3 N–H and O–H groups in total. The summed E-state index contributed by atoms with van der Waals surface area (Å²) in [4.78, 5) is 21.6. The monoisotopic (exact) mass is 188 g/mol. The van der Waals surface area contributed by atoms with Crippen LogP contribution >= 0.6 is 0 Å². The molecule has 13 heavy (non-hydrogen) atoms. The number of rotatable bonds is 4. The van der Waals surface area contributed by atoms with Gasteiger partial charge in [0.25, 0.3) is 0 Å². The number of primary amides is 1. The van der Waals surface area contributed by atoms with Crippen LogP contribution in [0.4, 0.5) is 4.79 Å². The first-order valence-corrected chi connectivity index (χ1v) is 4.11. The normalized spacial score (nSPS) is 12.3. The van der Waals surface area contributed by atoms with E-state index in [-0.39, 0.29) is 5.92 Å². The zero-order valence-corrected chi connectivity index (χ0v) is 8.16. The second-order valence-electron chi connectivity index (χ2n) is 3.22. The molecule has 0 aliphatic heterocycles. The molecule has 0 aliphatic carbocycles. The summed E-state index contributed by atoms with van der Waals surface area (Å²) in [6, 6.07) is -0.646. The Balaban J connectivity index is 4.10. The van der Waals surface area contributed by atoms with Crippen LogP contribution in [0.25, 0.3) is 0 Å². The topological polar surface area (TPSA) is 81.4 Å². The molecule has 0 aromatic heterocycles. The quantitative estimate of drug-likeness (QED) is 0.663. The Hall–Kier alpha value is -1.26. The van der Waals surface area contributed by atoms with Crippen molar-refractivity contribution in [3.05, 3.63) is 0 Å². The van der Waals surface area contributed by atoms with E-state index < -0.39 is 18.0 Å². The van der Waals surface area contributed by atoms with Crippen molar-refractivity contribution in [3.8, 4) is 0 Å². The van der Waals surface area contributed by atoms with Crippen molar-refractivity contribution in [1.29, 1.82) is 0 Å². The molecule has 0 spiro atoms. The van der Waals surface area contributed by atoms with Gasteiger partial charge in [-0.3, -0.25) is 4.79 Å². The van der Waals surface area contributed by atoms with Gasteiger partial charge in [0.05, 0.1) is 7.11 Å². The fraction of sp³-hybridized carbons (Fsp3) is 0.750. The molecule has 0 fully saturated rings. The van der Waals surface area contributed by atoms with E-state index in [1.807, 2.05) is 13.8 Å².